The molecule has 0 aromatic carbocycles. The number of aromatic nitrogens is 2. The first-order valence-electron chi connectivity index (χ1n) is 5.88. The van der Waals surface area contributed by atoms with Crippen LogP contribution in [0.1, 0.15) is 43.6 Å². The van der Waals surface area contributed by atoms with E-state index in [9.17, 15) is 4.79 Å². The van der Waals surface area contributed by atoms with Crippen LogP contribution in [0, 0.1) is 19.8 Å². The van der Waals surface area contributed by atoms with Crippen molar-refractivity contribution in [3.63, 3.8) is 0 Å². The zero-order valence-electron chi connectivity index (χ0n) is 10.6. The quantitative estimate of drug-likeness (QED) is 0.803. The van der Waals surface area contributed by atoms with Gasteiger partial charge in [-0.2, -0.15) is 5.10 Å². The van der Waals surface area contributed by atoms with Gasteiger partial charge < -0.3 is 5.32 Å². The number of aryl methyl sites for hydroxylation is 2. The first-order valence-corrected chi connectivity index (χ1v) is 5.88. The van der Waals surface area contributed by atoms with Crippen LogP contribution in [0.25, 0.3) is 0 Å². The van der Waals surface area contributed by atoms with Crippen LogP contribution < -0.4 is 5.32 Å². The molecule has 0 atom stereocenters. The average Bonchev–Trinajstić information content (AvgIpc) is 2.58. The highest BCUT2D eigenvalue weighted by molar-refractivity contribution is 5.78. The van der Waals surface area contributed by atoms with Crippen LogP contribution in [0.5, 0.6) is 0 Å². The van der Waals surface area contributed by atoms with Crippen molar-refractivity contribution >= 4 is 5.91 Å². The Bertz CT molecular complexity index is 334. The van der Waals surface area contributed by atoms with E-state index in [1.165, 1.54) is 0 Å². The molecule has 4 nitrogen and oxygen atoms in total. The lowest BCUT2D eigenvalue weighted by atomic mass is 10.0. The smallest absolute Gasteiger partial charge is 0.223 e. The first kappa shape index (κ1) is 12.7. The lowest BCUT2D eigenvalue weighted by Gasteiger charge is -2.12. The van der Waals surface area contributed by atoms with Gasteiger partial charge in [0.15, 0.2) is 0 Å². The summed E-state index contributed by atoms with van der Waals surface area (Å²) in [5.41, 5.74) is 3.09. The molecule has 1 amide bonds. The van der Waals surface area contributed by atoms with Crippen LogP contribution in [0.3, 0.4) is 0 Å². The fourth-order valence-corrected chi connectivity index (χ4v) is 1.81. The van der Waals surface area contributed by atoms with E-state index in [1.54, 1.807) is 0 Å². The van der Waals surface area contributed by atoms with E-state index in [0.717, 1.165) is 29.8 Å². The summed E-state index contributed by atoms with van der Waals surface area (Å²) < 4.78 is 0. The third kappa shape index (κ3) is 2.84. The number of rotatable bonds is 5. The lowest BCUT2D eigenvalue weighted by Crippen LogP contribution is -2.29. The van der Waals surface area contributed by atoms with Crippen LogP contribution in [-0.2, 0) is 11.3 Å². The Morgan fingerprint density at radius 1 is 1.38 bits per heavy atom. The van der Waals surface area contributed by atoms with Crippen molar-refractivity contribution in [3.05, 3.63) is 17.0 Å². The van der Waals surface area contributed by atoms with Gasteiger partial charge in [0.25, 0.3) is 0 Å². The van der Waals surface area contributed by atoms with Crippen molar-refractivity contribution in [1.29, 1.82) is 0 Å². The molecule has 0 bridgehead atoms. The predicted molar refractivity (Wildman–Crippen MR) is 64.0 cm³/mol. The van der Waals surface area contributed by atoms with E-state index in [0.29, 0.717) is 6.54 Å². The summed E-state index contributed by atoms with van der Waals surface area (Å²) in [4.78, 5) is 11.8. The minimum absolute atomic E-state index is 0.132. The fraction of sp³-hybridized carbons (Fsp3) is 0.667. The van der Waals surface area contributed by atoms with Crippen LogP contribution in [0.4, 0.5) is 0 Å². The van der Waals surface area contributed by atoms with E-state index < -0.39 is 0 Å². The largest absolute Gasteiger partial charge is 0.352 e. The summed E-state index contributed by atoms with van der Waals surface area (Å²) >= 11 is 0. The SMILES string of the molecule is CCC(CC)C(=O)NCc1c(C)n[nH]c1C. The Kier molecular flexibility index (Phi) is 4.52. The van der Waals surface area contributed by atoms with Crippen molar-refractivity contribution in [2.45, 2.75) is 47.1 Å². The van der Waals surface area contributed by atoms with Crippen molar-refractivity contribution in [3.8, 4) is 0 Å². The molecule has 0 saturated heterocycles. The molecular formula is C12H21N3O. The summed E-state index contributed by atoms with van der Waals surface area (Å²) in [6.45, 7) is 8.58. The molecule has 2 N–H and O–H groups in total. The summed E-state index contributed by atoms with van der Waals surface area (Å²) in [5, 5.41) is 9.99. The van der Waals surface area contributed by atoms with Gasteiger partial charge in [-0.3, -0.25) is 9.89 Å². The summed E-state index contributed by atoms with van der Waals surface area (Å²) in [5.74, 6) is 0.275. The van der Waals surface area contributed by atoms with Gasteiger partial charge >= 0.3 is 0 Å². The number of hydrogen-bond acceptors (Lipinski definition) is 2. The van der Waals surface area contributed by atoms with E-state index in [2.05, 4.69) is 15.5 Å². The Labute approximate surface area is 96.8 Å². The van der Waals surface area contributed by atoms with E-state index >= 15 is 0 Å². The molecule has 1 rings (SSSR count). The molecule has 0 radical (unpaired) electrons. The molecule has 0 aliphatic carbocycles. The molecular weight excluding hydrogens is 202 g/mol. The van der Waals surface area contributed by atoms with E-state index in [-0.39, 0.29) is 11.8 Å². The van der Waals surface area contributed by atoms with Gasteiger partial charge in [0.1, 0.15) is 0 Å². The van der Waals surface area contributed by atoms with E-state index in [1.807, 2.05) is 27.7 Å². The van der Waals surface area contributed by atoms with E-state index in [4.69, 9.17) is 0 Å². The molecule has 0 spiro atoms. The van der Waals surface area contributed by atoms with Gasteiger partial charge in [-0.05, 0) is 26.7 Å². The van der Waals surface area contributed by atoms with Crippen molar-refractivity contribution in [1.82, 2.24) is 15.5 Å². The maximum atomic E-state index is 11.8. The zero-order valence-corrected chi connectivity index (χ0v) is 10.6. The molecule has 90 valence electrons. The topological polar surface area (TPSA) is 57.8 Å². The number of carbonyl (C=O) groups excluding carboxylic acids is 1. The lowest BCUT2D eigenvalue weighted by molar-refractivity contribution is -0.125. The number of hydrogen-bond donors (Lipinski definition) is 2. The second kappa shape index (κ2) is 5.68. The number of nitrogens with zero attached hydrogens (tertiary/aromatic N) is 1. The highest BCUT2D eigenvalue weighted by Gasteiger charge is 2.14. The van der Waals surface area contributed by atoms with Crippen LogP contribution in [-0.4, -0.2) is 16.1 Å². The Morgan fingerprint density at radius 2 is 2.00 bits per heavy atom. The summed E-state index contributed by atoms with van der Waals surface area (Å²) in [7, 11) is 0. The van der Waals surface area contributed by atoms with Gasteiger partial charge in [-0.1, -0.05) is 13.8 Å². The number of aromatic amines is 1. The second-order valence-electron chi connectivity index (χ2n) is 4.14. The highest BCUT2D eigenvalue weighted by Crippen LogP contribution is 2.11. The Morgan fingerprint density at radius 3 is 2.44 bits per heavy atom. The fourth-order valence-electron chi connectivity index (χ4n) is 1.81. The number of nitrogens with one attached hydrogen (secondary N) is 2. The average molecular weight is 223 g/mol. The van der Waals surface area contributed by atoms with Gasteiger partial charge in [0.05, 0.1) is 5.69 Å². The minimum Gasteiger partial charge on any atom is -0.352 e. The normalized spacial score (nSPS) is 10.8. The number of H-pyrrole nitrogens is 1. The number of amides is 1. The third-order valence-electron chi connectivity index (χ3n) is 3.08. The standard InChI is InChI=1S/C12H21N3O/c1-5-10(6-2)12(16)13-7-11-8(3)14-15-9(11)4/h10H,5-7H2,1-4H3,(H,13,16)(H,14,15). The highest BCUT2D eigenvalue weighted by atomic mass is 16.1. The molecule has 0 aliphatic rings. The molecule has 0 saturated carbocycles. The maximum absolute atomic E-state index is 11.8. The van der Waals surface area contributed by atoms with Crippen molar-refractivity contribution < 1.29 is 4.79 Å². The monoisotopic (exact) mass is 223 g/mol. The summed E-state index contributed by atoms with van der Waals surface area (Å²) in [6, 6.07) is 0. The first-order chi connectivity index (χ1) is 7.60. The van der Waals surface area contributed by atoms with Gasteiger partial charge in [-0.25, -0.2) is 0 Å². The molecule has 4 heteroatoms. The molecule has 0 unspecified atom stereocenters. The van der Waals surface area contributed by atoms with Gasteiger partial charge in [0, 0.05) is 23.7 Å². The van der Waals surface area contributed by atoms with Crippen LogP contribution in [0.15, 0.2) is 0 Å². The number of carbonyl (C=O) groups is 1. The minimum atomic E-state index is 0.132. The van der Waals surface area contributed by atoms with Crippen molar-refractivity contribution in [2.24, 2.45) is 5.92 Å². The molecule has 0 aliphatic heterocycles. The van der Waals surface area contributed by atoms with Crippen LogP contribution in [0.2, 0.25) is 0 Å². The summed E-state index contributed by atoms with van der Waals surface area (Å²) in [6.07, 6.45) is 1.79. The Balaban J connectivity index is 2.55. The van der Waals surface area contributed by atoms with Crippen LogP contribution >= 0.6 is 0 Å². The molecule has 1 aromatic rings. The maximum Gasteiger partial charge on any atom is 0.223 e. The zero-order chi connectivity index (χ0) is 12.1. The predicted octanol–water partition coefficient (Wildman–Crippen LogP) is 2.08. The molecule has 1 heterocycles. The second-order valence-corrected chi connectivity index (χ2v) is 4.14. The molecule has 1 aromatic heterocycles. The Hall–Kier alpha value is -1.32. The van der Waals surface area contributed by atoms with Gasteiger partial charge in [-0.15, -0.1) is 0 Å². The molecule has 16 heavy (non-hydrogen) atoms. The van der Waals surface area contributed by atoms with Gasteiger partial charge in [0.2, 0.25) is 5.91 Å². The van der Waals surface area contributed by atoms with Crippen molar-refractivity contribution in [2.75, 3.05) is 0 Å². The third-order valence-corrected chi connectivity index (χ3v) is 3.08. The molecule has 0 fully saturated rings.